The van der Waals surface area contributed by atoms with Crippen molar-refractivity contribution in [2.24, 2.45) is 5.92 Å². The molecule has 0 radical (unpaired) electrons. The minimum Gasteiger partial charge on any atom is -0.493 e. The maximum atomic E-state index is 12.4. The zero-order chi connectivity index (χ0) is 13.0. The first-order chi connectivity index (χ1) is 8.55. The van der Waals surface area contributed by atoms with Gasteiger partial charge >= 0.3 is 58.4 Å². The second-order valence-electron chi connectivity index (χ2n) is 4.96. The molecule has 0 aliphatic heterocycles. The number of rotatable bonds is 4. The van der Waals surface area contributed by atoms with E-state index < -0.39 is 12.4 Å². The Labute approximate surface area is 154 Å². The van der Waals surface area contributed by atoms with Gasteiger partial charge in [-0.15, -0.1) is 5.46 Å². The Morgan fingerprint density at radius 2 is 1.58 bits per heavy atom. The van der Waals surface area contributed by atoms with Crippen LogP contribution in [0.5, 0.6) is 5.75 Å². The molecule has 0 aromatic heterocycles. The zero-order valence-corrected chi connectivity index (χ0v) is 14.4. The number of ether oxygens (including phenoxy) is 1. The zero-order valence-electron chi connectivity index (χ0n) is 11.2. The van der Waals surface area contributed by atoms with Crippen LogP contribution in [0, 0.1) is 5.92 Å². The molecule has 6 heteroatoms. The fraction of sp³-hybridized carbons (Fsp3) is 0.538. The van der Waals surface area contributed by atoms with Crippen molar-refractivity contribution in [3.8, 4) is 5.75 Å². The maximum absolute atomic E-state index is 12.4. The third kappa shape index (κ3) is 5.79. The summed E-state index contributed by atoms with van der Waals surface area (Å²) in [5.74, 6) is 1.09. The van der Waals surface area contributed by atoms with Gasteiger partial charge in [0.15, 0.2) is 0 Å². The van der Waals surface area contributed by atoms with Gasteiger partial charge in [-0.05, 0) is 30.9 Å². The molecule has 2 rings (SSSR count). The Morgan fingerprint density at radius 3 is 2.11 bits per heavy atom. The van der Waals surface area contributed by atoms with Gasteiger partial charge in [-0.1, -0.05) is 31.4 Å². The summed E-state index contributed by atoms with van der Waals surface area (Å²) in [6.45, 7) is -4.28. The molecule has 1 aromatic rings. The molecule has 19 heavy (non-hydrogen) atoms. The van der Waals surface area contributed by atoms with E-state index in [0.29, 0.717) is 18.3 Å². The van der Waals surface area contributed by atoms with Crippen molar-refractivity contribution in [3.05, 3.63) is 24.3 Å². The molecule has 1 nitrogen and oxygen atoms in total. The first-order valence-electron chi connectivity index (χ1n) is 6.48. The Bertz CT molecular complexity index is 374. The molecule has 0 saturated heterocycles. The number of hydrogen-bond acceptors (Lipinski definition) is 1. The molecule has 0 spiro atoms. The van der Waals surface area contributed by atoms with Crippen molar-refractivity contribution in [3.63, 3.8) is 0 Å². The summed E-state index contributed by atoms with van der Waals surface area (Å²) >= 11 is 0. The summed E-state index contributed by atoms with van der Waals surface area (Å²) in [6.07, 6.45) is 6.11. The first-order valence-corrected chi connectivity index (χ1v) is 6.48. The van der Waals surface area contributed by atoms with Crippen LogP contribution in [0.2, 0.25) is 0 Å². The van der Waals surface area contributed by atoms with Crippen LogP contribution in [0.4, 0.5) is 12.9 Å². The second kappa shape index (κ2) is 8.08. The van der Waals surface area contributed by atoms with Crippen LogP contribution in [0.15, 0.2) is 24.3 Å². The van der Waals surface area contributed by atoms with E-state index in [2.05, 4.69) is 0 Å². The SMILES string of the molecule is F[B-](F)(F)c1ccc(OCC2CCCCC2)cc1.[K+]. The van der Waals surface area contributed by atoms with E-state index in [4.69, 9.17) is 4.74 Å². The molecule has 100 valence electrons. The van der Waals surface area contributed by atoms with Crippen LogP contribution >= 0.6 is 0 Å². The summed E-state index contributed by atoms with van der Waals surface area (Å²) in [5, 5.41) is 0. The van der Waals surface area contributed by atoms with Gasteiger partial charge in [-0.3, -0.25) is 0 Å². The maximum Gasteiger partial charge on any atom is 1.00 e. The normalized spacial score (nSPS) is 16.8. The van der Waals surface area contributed by atoms with Gasteiger partial charge in [-0.25, -0.2) is 0 Å². The molecule has 1 aliphatic carbocycles. The van der Waals surface area contributed by atoms with E-state index in [9.17, 15) is 12.9 Å². The Morgan fingerprint density at radius 1 is 1.00 bits per heavy atom. The van der Waals surface area contributed by atoms with Crippen molar-refractivity contribution < 1.29 is 69.1 Å². The molecule has 0 amide bonds. The Balaban J connectivity index is 0.00000180. The largest absolute Gasteiger partial charge is 1.00 e. The third-order valence-corrected chi connectivity index (χ3v) is 3.47. The standard InChI is InChI=1S/C13H17BF3O.K/c15-14(16,17)12-6-8-13(9-7-12)18-10-11-4-2-1-3-5-11;/h6-9,11H,1-5,10H2;/q-1;+1. The fourth-order valence-corrected chi connectivity index (χ4v) is 2.35. The van der Waals surface area contributed by atoms with Gasteiger partial charge in [0.25, 0.3) is 0 Å². The average Bonchev–Trinajstić information content (AvgIpc) is 2.37. The molecule has 1 aliphatic rings. The summed E-state index contributed by atoms with van der Waals surface area (Å²) in [4.78, 5) is 0. The Hall–Kier alpha value is 0.511. The molecule has 0 atom stereocenters. The van der Waals surface area contributed by atoms with Gasteiger partial charge in [0.05, 0.1) is 6.61 Å². The smallest absolute Gasteiger partial charge is 0.493 e. The summed E-state index contributed by atoms with van der Waals surface area (Å²) in [5.41, 5.74) is -0.569. The predicted octanol–water partition coefficient (Wildman–Crippen LogP) is 0.704. The Kier molecular flexibility index (Phi) is 7.47. The van der Waals surface area contributed by atoms with Crippen LogP contribution in [0.3, 0.4) is 0 Å². The van der Waals surface area contributed by atoms with E-state index in [-0.39, 0.29) is 51.4 Å². The molecular weight excluding hydrogens is 279 g/mol. The fourth-order valence-electron chi connectivity index (χ4n) is 2.35. The minimum atomic E-state index is -4.90. The van der Waals surface area contributed by atoms with Gasteiger partial charge in [0.1, 0.15) is 5.75 Å². The number of halogens is 3. The molecule has 0 heterocycles. The summed E-state index contributed by atoms with van der Waals surface area (Å²) < 4.78 is 42.8. The molecule has 0 bridgehead atoms. The monoisotopic (exact) mass is 296 g/mol. The minimum absolute atomic E-state index is 0. The van der Waals surface area contributed by atoms with E-state index in [1.807, 2.05) is 0 Å². The molecule has 1 saturated carbocycles. The third-order valence-electron chi connectivity index (χ3n) is 3.47. The van der Waals surface area contributed by atoms with Crippen molar-refractivity contribution in [1.82, 2.24) is 0 Å². The van der Waals surface area contributed by atoms with Crippen molar-refractivity contribution in [2.45, 2.75) is 32.1 Å². The quantitative estimate of drug-likeness (QED) is 0.744. The molecular formula is C13H17BF3KO. The topological polar surface area (TPSA) is 9.23 Å². The summed E-state index contributed by atoms with van der Waals surface area (Å²) in [7, 11) is 0. The van der Waals surface area contributed by atoms with E-state index in [0.717, 1.165) is 12.1 Å². The molecule has 1 aromatic carbocycles. The predicted molar refractivity (Wildman–Crippen MR) is 67.2 cm³/mol. The van der Waals surface area contributed by atoms with Crippen LogP contribution in [0.25, 0.3) is 0 Å². The van der Waals surface area contributed by atoms with Crippen LogP contribution in [-0.4, -0.2) is 13.6 Å². The van der Waals surface area contributed by atoms with Crippen molar-refractivity contribution in [2.75, 3.05) is 6.61 Å². The van der Waals surface area contributed by atoms with E-state index in [1.54, 1.807) is 0 Å². The molecule has 1 fully saturated rings. The van der Waals surface area contributed by atoms with Crippen molar-refractivity contribution >= 4 is 12.4 Å². The van der Waals surface area contributed by atoms with E-state index in [1.165, 1.54) is 44.2 Å². The van der Waals surface area contributed by atoms with Crippen LogP contribution < -0.4 is 61.6 Å². The van der Waals surface area contributed by atoms with Gasteiger partial charge in [0.2, 0.25) is 0 Å². The van der Waals surface area contributed by atoms with Gasteiger partial charge in [0, 0.05) is 0 Å². The van der Waals surface area contributed by atoms with Gasteiger partial charge in [-0.2, -0.15) is 0 Å². The molecule has 0 N–H and O–H groups in total. The number of benzene rings is 1. The van der Waals surface area contributed by atoms with Crippen LogP contribution in [-0.2, 0) is 0 Å². The average molecular weight is 296 g/mol. The first kappa shape index (κ1) is 17.6. The molecule has 0 unspecified atom stereocenters. The van der Waals surface area contributed by atoms with Gasteiger partial charge < -0.3 is 17.7 Å². The van der Waals surface area contributed by atoms with Crippen LogP contribution in [0.1, 0.15) is 32.1 Å². The number of hydrogen-bond donors (Lipinski definition) is 0. The van der Waals surface area contributed by atoms with E-state index >= 15 is 0 Å². The van der Waals surface area contributed by atoms with Crippen molar-refractivity contribution in [1.29, 1.82) is 0 Å². The second-order valence-corrected chi connectivity index (χ2v) is 4.96. The summed E-state index contributed by atoms with van der Waals surface area (Å²) in [6, 6.07) is 5.01.